The summed E-state index contributed by atoms with van der Waals surface area (Å²) >= 11 is 0. The van der Waals surface area contributed by atoms with Crippen molar-refractivity contribution in [2.45, 2.75) is 25.9 Å². The van der Waals surface area contributed by atoms with Crippen molar-refractivity contribution in [2.24, 2.45) is 20.5 Å². The zero-order valence-corrected chi connectivity index (χ0v) is 27.5. The molecule has 18 nitrogen and oxygen atoms in total. The number of para-hydroxylation sites is 2. The molecule has 2 amide bonds. The number of aromatic hydroxyl groups is 2. The quantitative estimate of drug-likeness (QED) is 0.0640. The van der Waals surface area contributed by atoms with Gasteiger partial charge in [-0.15, -0.1) is 11.4 Å². The van der Waals surface area contributed by atoms with Gasteiger partial charge >= 0.3 is 16.8 Å². The third-order valence-corrected chi connectivity index (χ3v) is 6.13. The number of rotatable bonds is 12. The van der Waals surface area contributed by atoms with Gasteiger partial charge in [0.25, 0.3) is 11.4 Å². The Bertz CT molecular complexity index is 1820. The number of carbonyl (C=O) groups is 4. The Kier molecular flexibility index (Phi) is 15.3. The van der Waals surface area contributed by atoms with Gasteiger partial charge < -0.3 is 30.4 Å². The Balaban J connectivity index is 0.000000347. The molecule has 0 aliphatic carbocycles. The average Bonchev–Trinajstić information content (AvgIpc) is 3.07. The van der Waals surface area contributed by atoms with Gasteiger partial charge in [0.05, 0.1) is 21.7 Å². The Morgan fingerprint density at radius 2 is 0.941 bits per heavy atom. The molecule has 19 heteroatoms. The summed E-state index contributed by atoms with van der Waals surface area (Å²) in [7, 11) is 0. The van der Waals surface area contributed by atoms with Crippen LogP contribution in [0.2, 0.25) is 0 Å². The maximum Gasteiger partial charge on any atom is 2.00 e. The van der Waals surface area contributed by atoms with Crippen molar-refractivity contribution < 1.29 is 56.0 Å². The van der Waals surface area contributed by atoms with Crippen LogP contribution in [-0.4, -0.2) is 55.5 Å². The maximum absolute atomic E-state index is 12.1. The number of Topliss-reactive ketones (excluding diaryl/α,β-unsaturated/α-hetero) is 2. The molecule has 4 aromatic rings. The number of non-ortho nitro benzene ring substituents is 2. The summed E-state index contributed by atoms with van der Waals surface area (Å²) in [6, 6.07) is 19.8. The molecule has 0 bridgehead atoms. The van der Waals surface area contributed by atoms with Crippen molar-refractivity contribution in [1.29, 1.82) is 0 Å². The van der Waals surface area contributed by atoms with E-state index in [4.69, 9.17) is 0 Å². The largest absolute Gasteiger partial charge is 2.00 e. The van der Waals surface area contributed by atoms with E-state index in [1.165, 1.54) is 0 Å². The summed E-state index contributed by atoms with van der Waals surface area (Å²) in [5, 5.41) is 62.8. The second-order valence-corrected chi connectivity index (χ2v) is 9.89. The van der Waals surface area contributed by atoms with E-state index in [1.807, 2.05) is 0 Å². The smallest absolute Gasteiger partial charge is 0.625 e. The van der Waals surface area contributed by atoms with Crippen LogP contribution in [0.25, 0.3) is 10.6 Å². The van der Waals surface area contributed by atoms with Crippen molar-refractivity contribution in [1.82, 2.24) is 0 Å². The van der Waals surface area contributed by atoms with Crippen molar-refractivity contribution in [3.8, 4) is 11.5 Å². The van der Waals surface area contributed by atoms with Crippen LogP contribution in [0.3, 0.4) is 0 Å². The zero-order chi connectivity index (χ0) is 36.8. The predicted octanol–water partition coefficient (Wildman–Crippen LogP) is 7.14. The van der Waals surface area contributed by atoms with Crippen LogP contribution in [0, 0.1) is 20.2 Å². The fourth-order valence-electron chi connectivity index (χ4n) is 3.64. The van der Waals surface area contributed by atoms with Crippen LogP contribution in [0.1, 0.15) is 13.8 Å². The first kappa shape index (κ1) is 40.4. The molecule has 0 fully saturated rings. The second kappa shape index (κ2) is 19.3. The van der Waals surface area contributed by atoms with E-state index in [0.29, 0.717) is 11.4 Å². The number of azo groups is 2. The molecule has 1 radical (unpaired) electrons. The van der Waals surface area contributed by atoms with Crippen LogP contribution >= 0.6 is 0 Å². The predicted molar refractivity (Wildman–Crippen MR) is 176 cm³/mol. The summed E-state index contributed by atoms with van der Waals surface area (Å²) in [5.41, 5.74) is -0.377. The zero-order valence-electron chi connectivity index (χ0n) is 26.5. The first-order chi connectivity index (χ1) is 23.8. The number of benzene rings is 4. The third kappa shape index (κ3) is 12.3. The third-order valence-electron chi connectivity index (χ3n) is 6.13. The van der Waals surface area contributed by atoms with Crippen LogP contribution in [0.5, 0.6) is 11.5 Å². The number of amides is 2. The number of phenolic OH excluding ortho intramolecular Hbond substituents is 2. The summed E-state index contributed by atoms with van der Waals surface area (Å²) < 4.78 is 0. The van der Waals surface area contributed by atoms with Crippen LogP contribution in [0.15, 0.2) is 118 Å². The number of nitro benzene ring substituents is 2. The molecular formula is C32H26CoN8O10. The van der Waals surface area contributed by atoms with Gasteiger partial charge in [-0.05, 0) is 26.0 Å². The molecule has 4 aromatic carbocycles. The average molecular weight is 742 g/mol. The molecule has 0 aliphatic rings. The number of carbonyl (C=O) groups excluding carboxylic acids is 4. The Hall–Kier alpha value is -6.73. The normalized spacial score (nSPS) is 11.6. The minimum atomic E-state index is -1.50. The molecule has 0 aromatic heterocycles. The molecule has 4 rings (SSSR count). The number of nitro groups is 2. The monoisotopic (exact) mass is 741 g/mol. The van der Waals surface area contributed by atoms with Crippen molar-refractivity contribution in [3.05, 3.63) is 128 Å². The van der Waals surface area contributed by atoms with Crippen molar-refractivity contribution in [3.63, 3.8) is 0 Å². The van der Waals surface area contributed by atoms with Gasteiger partial charge in [0.2, 0.25) is 0 Å². The summed E-state index contributed by atoms with van der Waals surface area (Å²) in [4.78, 5) is 67.7. The maximum atomic E-state index is 12.1. The molecule has 0 spiro atoms. The molecule has 2 atom stereocenters. The van der Waals surface area contributed by atoms with Gasteiger partial charge in [0, 0.05) is 24.3 Å². The minimum Gasteiger partial charge on any atom is -0.625 e. The topological polar surface area (TPSA) is 273 Å². The van der Waals surface area contributed by atoms with E-state index in [1.54, 1.807) is 60.7 Å². The Morgan fingerprint density at radius 1 is 0.608 bits per heavy atom. The summed E-state index contributed by atoms with van der Waals surface area (Å²) in [6.07, 6.45) is 0. The Labute approximate surface area is 298 Å². The van der Waals surface area contributed by atoms with E-state index in [0.717, 1.165) is 50.2 Å². The van der Waals surface area contributed by atoms with Gasteiger partial charge in [0.15, 0.2) is 23.7 Å². The van der Waals surface area contributed by atoms with Crippen LogP contribution < -0.4 is 0 Å². The van der Waals surface area contributed by atoms with Gasteiger partial charge in [0.1, 0.15) is 22.9 Å². The molecular weight excluding hydrogens is 715 g/mol. The standard InChI is InChI=1S/2C16H14N4O5.Co/c2*1-10(21)15(16(23)17-11-5-3-2-4-6-11)19-18-13-9-12(20(24)25)7-8-14(13)22;/h2*2-9,15H,1H3,(H2,17,19,22,23);/q;;+2/p-2. The first-order valence-electron chi connectivity index (χ1n) is 14.2. The number of ketones is 2. The van der Waals surface area contributed by atoms with Crippen LogP contribution in [-0.2, 0) is 36.0 Å². The van der Waals surface area contributed by atoms with E-state index in [9.17, 15) is 49.6 Å². The minimum absolute atomic E-state index is 0. The summed E-state index contributed by atoms with van der Waals surface area (Å²) in [5.74, 6) is -3.59. The number of hydrogen-bond acceptors (Lipinski definition) is 14. The first-order valence-corrected chi connectivity index (χ1v) is 14.2. The number of nitrogens with zero attached hydrogens (tertiary/aromatic N) is 8. The fourth-order valence-corrected chi connectivity index (χ4v) is 3.64. The molecule has 0 heterocycles. The van der Waals surface area contributed by atoms with E-state index >= 15 is 0 Å². The molecule has 263 valence electrons. The molecule has 0 saturated heterocycles. The number of hydrogen-bond donors (Lipinski definition) is 2. The van der Waals surface area contributed by atoms with Crippen LogP contribution in [0.4, 0.5) is 34.1 Å². The van der Waals surface area contributed by atoms with E-state index < -0.39 is 45.3 Å². The van der Waals surface area contributed by atoms with Gasteiger partial charge in [-0.2, -0.15) is 20.5 Å². The van der Waals surface area contributed by atoms with E-state index in [2.05, 4.69) is 31.1 Å². The molecule has 0 aliphatic heterocycles. The van der Waals surface area contributed by atoms with Crippen molar-refractivity contribution in [2.75, 3.05) is 0 Å². The summed E-state index contributed by atoms with van der Waals surface area (Å²) in [6.45, 7) is 2.30. The SMILES string of the molecule is CC(=O)C(N=Nc1cc([N+](=O)[O-])ccc1O)C(=O)[N-]c1ccccc1.CC(=O)C(N=Nc1cc([N+](=O)[O-])ccc1O)C(=O)[N-]c1ccccc1.[Co+2]. The molecule has 2 unspecified atom stereocenters. The number of phenols is 2. The van der Waals surface area contributed by atoms with Gasteiger partial charge in [-0.25, -0.2) is 0 Å². The van der Waals surface area contributed by atoms with Gasteiger partial charge in [-0.3, -0.25) is 29.8 Å². The fraction of sp³-hybridized carbons (Fsp3) is 0.125. The van der Waals surface area contributed by atoms with Gasteiger partial charge in [-0.1, -0.05) is 60.7 Å². The molecule has 0 saturated carbocycles. The van der Waals surface area contributed by atoms with E-state index in [-0.39, 0.29) is 51.0 Å². The Morgan fingerprint density at radius 3 is 1.24 bits per heavy atom. The van der Waals surface area contributed by atoms with Crippen molar-refractivity contribution >= 4 is 57.5 Å². The second-order valence-electron chi connectivity index (χ2n) is 9.89. The molecule has 51 heavy (non-hydrogen) atoms. The molecule has 2 N–H and O–H groups in total.